The van der Waals surface area contributed by atoms with Gasteiger partial charge in [-0.2, -0.15) is 0 Å². The zero-order chi connectivity index (χ0) is 10.8. The van der Waals surface area contributed by atoms with E-state index < -0.39 is 0 Å². The molecule has 0 radical (unpaired) electrons. The standard InChI is InChI=1S/C13H23N/c1-5-7-8-11-14-13(6-2)10-9-12(3)4/h6,9-10,14H,3,5,7-8,11H2,1-2,4H3/b10-9-,13-6+. The summed E-state index contributed by atoms with van der Waals surface area (Å²) in [7, 11) is 0. The minimum absolute atomic E-state index is 1.06. The molecule has 0 bridgehead atoms. The molecule has 0 atom stereocenters. The first kappa shape index (κ1) is 13.0. The highest BCUT2D eigenvalue weighted by molar-refractivity contribution is 5.23. The van der Waals surface area contributed by atoms with Gasteiger partial charge in [-0.15, -0.1) is 0 Å². The lowest BCUT2D eigenvalue weighted by Crippen LogP contribution is -2.12. The van der Waals surface area contributed by atoms with Crippen LogP contribution in [0.2, 0.25) is 0 Å². The van der Waals surface area contributed by atoms with Crippen molar-refractivity contribution in [2.75, 3.05) is 6.54 Å². The van der Waals surface area contributed by atoms with Crippen molar-refractivity contribution in [2.24, 2.45) is 0 Å². The van der Waals surface area contributed by atoms with Crippen molar-refractivity contribution in [1.82, 2.24) is 5.32 Å². The molecule has 0 aromatic rings. The normalized spacial score (nSPS) is 12.1. The van der Waals surface area contributed by atoms with Gasteiger partial charge in [0.1, 0.15) is 0 Å². The molecule has 0 heterocycles. The largest absolute Gasteiger partial charge is 0.385 e. The SMILES string of the molecule is C=C(C)/C=C\C(=C/C)NCCCCC. The topological polar surface area (TPSA) is 12.0 Å². The molecule has 0 amide bonds. The number of hydrogen-bond acceptors (Lipinski definition) is 1. The lowest BCUT2D eigenvalue weighted by Gasteiger charge is -2.05. The summed E-state index contributed by atoms with van der Waals surface area (Å²) in [5.74, 6) is 0. The van der Waals surface area contributed by atoms with E-state index in [0.717, 1.165) is 12.1 Å². The highest BCUT2D eigenvalue weighted by atomic mass is 14.9. The van der Waals surface area contributed by atoms with Crippen LogP contribution >= 0.6 is 0 Å². The predicted octanol–water partition coefficient (Wildman–Crippen LogP) is 3.80. The monoisotopic (exact) mass is 193 g/mol. The van der Waals surface area contributed by atoms with E-state index in [2.05, 4.69) is 31.0 Å². The van der Waals surface area contributed by atoms with Gasteiger partial charge in [0.15, 0.2) is 0 Å². The molecular formula is C13H23N. The Balaban J connectivity index is 3.76. The third-order valence-corrected chi connectivity index (χ3v) is 1.97. The Kier molecular flexibility index (Phi) is 8.01. The fourth-order valence-corrected chi connectivity index (χ4v) is 1.10. The molecule has 0 aromatic carbocycles. The van der Waals surface area contributed by atoms with Gasteiger partial charge in [0.25, 0.3) is 0 Å². The molecular weight excluding hydrogens is 170 g/mol. The molecule has 0 spiro atoms. The van der Waals surface area contributed by atoms with Crippen molar-refractivity contribution in [3.05, 3.63) is 36.1 Å². The van der Waals surface area contributed by atoms with E-state index >= 15 is 0 Å². The number of hydrogen-bond donors (Lipinski definition) is 1. The quantitative estimate of drug-likeness (QED) is 0.479. The summed E-state index contributed by atoms with van der Waals surface area (Å²) in [6.07, 6.45) is 10.0. The molecule has 1 heteroatoms. The van der Waals surface area contributed by atoms with E-state index in [1.807, 2.05) is 19.9 Å². The van der Waals surface area contributed by atoms with Gasteiger partial charge in [0.05, 0.1) is 0 Å². The van der Waals surface area contributed by atoms with E-state index in [4.69, 9.17) is 0 Å². The molecule has 80 valence electrons. The van der Waals surface area contributed by atoms with E-state index in [-0.39, 0.29) is 0 Å². The number of nitrogens with one attached hydrogen (secondary N) is 1. The van der Waals surface area contributed by atoms with Crippen LogP contribution in [0, 0.1) is 0 Å². The Bertz CT molecular complexity index is 211. The van der Waals surface area contributed by atoms with Crippen molar-refractivity contribution >= 4 is 0 Å². The first-order chi connectivity index (χ1) is 6.70. The highest BCUT2D eigenvalue weighted by Gasteiger charge is 1.89. The summed E-state index contributed by atoms with van der Waals surface area (Å²) in [5, 5.41) is 3.39. The molecule has 0 saturated heterocycles. The van der Waals surface area contributed by atoms with Crippen molar-refractivity contribution in [2.45, 2.75) is 40.0 Å². The summed E-state index contributed by atoms with van der Waals surface area (Å²) in [6, 6.07) is 0. The second-order valence-electron chi connectivity index (χ2n) is 3.56. The molecule has 0 aliphatic rings. The van der Waals surface area contributed by atoms with Crippen LogP contribution in [0.15, 0.2) is 36.1 Å². The van der Waals surface area contributed by atoms with E-state index in [9.17, 15) is 0 Å². The van der Waals surface area contributed by atoms with Crippen LogP contribution in [0.1, 0.15) is 40.0 Å². The van der Waals surface area contributed by atoms with E-state index in [1.165, 1.54) is 25.0 Å². The van der Waals surface area contributed by atoms with E-state index in [1.54, 1.807) is 0 Å². The third kappa shape index (κ3) is 7.66. The maximum atomic E-state index is 3.83. The second-order valence-corrected chi connectivity index (χ2v) is 3.56. The molecule has 0 saturated carbocycles. The zero-order valence-electron chi connectivity index (χ0n) is 9.77. The molecule has 1 nitrogen and oxygen atoms in total. The first-order valence-electron chi connectivity index (χ1n) is 5.44. The van der Waals surface area contributed by atoms with Crippen LogP contribution in [-0.4, -0.2) is 6.54 Å². The lowest BCUT2D eigenvalue weighted by molar-refractivity contribution is 0.673. The predicted molar refractivity (Wildman–Crippen MR) is 65.2 cm³/mol. The summed E-state index contributed by atoms with van der Waals surface area (Å²) in [6.45, 7) is 11.2. The number of unbranched alkanes of at least 4 members (excludes halogenated alkanes) is 2. The van der Waals surface area contributed by atoms with Crippen molar-refractivity contribution < 1.29 is 0 Å². The maximum Gasteiger partial charge on any atom is 0.0296 e. The van der Waals surface area contributed by atoms with Gasteiger partial charge in [-0.25, -0.2) is 0 Å². The molecule has 0 unspecified atom stereocenters. The molecule has 0 fully saturated rings. The average molecular weight is 193 g/mol. The van der Waals surface area contributed by atoms with Crippen LogP contribution in [0.3, 0.4) is 0 Å². The third-order valence-electron chi connectivity index (χ3n) is 1.97. The maximum absolute atomic E-state index is 3.83. The van der Waals surface area contributed by atoms with Crippen LogP contribution in [0.5, 0.6) is 0 Å². The van der Waals surface area contributed by atoms with Gasteiger partial charge >= 0.3 is 0 Å². The van der Waals surface area contributed by atoms with Crippen molar-refractivity contribution in [3.8, 4) is 0 Å². The fourth-order valence-electron chi connectivity index (χ4n) is 1.10. The Morgan fingerprint density at radius 2 is 2.00 bits per heavy atom. The van der Waals surface area contributed by atoms with Crippen LogP contribution < -0.4 is 5.32 Å². The van der Waals surface area contributed by atoms with Gasteiger partial charge in [0.2, 0.25) is 0 Å². The van der Waals surface area contributed by atoms with Crippen LogP contribution in [0.4, 0.5) is 0 Å². The van der Waals surface area contributed by atoms with Crippen molar-refractivity contribution in [3.63, 3.8) is 0 Å². The minimum Gasteiger partial charge on any atom is -0.385 e. The Hall–Kier alpha value is -0.980. The Morgan fingerprint density at radius 3 is 2.50 bits per heavy atom. The zero-order valence-corrected chi connectivity index (χ0v) is 9.77. The van der Waals surface area contributed by atoms with Gasteiger partial charge in [-0.1, -0.05) is 44.1 Å². The van der Waals surface area contributed by atoms with Gasteiger partial charge in [0, 0.05) is 12.2 Å². The Labute approximate surface area is 88.6 Å². The smallest absolute Gasteiger partial charge is 0.0296 e. The average Bonchev–Trinajstić information content (AvgIpc) is 2.16. The molecule has 0 aliphatic heterocycles. The molecule has 0 rings (SSSR count). The van der Waals surface area contributed by atoms with Crippen LogP contribution in [0.25, 0.3) is 0 Å². The van der Waals surface area contributed by atoms with Crippen LogP contribution in [-0.2, 0) is 0 Å². The number of allylic oxidation sites excluding steroid dienone is 4. The summed E-state index contributed by atoms with van der Waals surface area (Å²) in [5.41, 5.74) is 2.27. The Morgan fingerprint density at radius 1 is 1.29 bits per heavy atom. The van der Waals surface area contributed by atoms with Gasteiger partial charge in [-0.3, -0.25) is 0 Å². The molecule has 14 heavy (non-hydrogen) atoms. The molecule has 1 N–H and O–H groups in total. The first-order valence-corrected chi connectivity index (χ1v) is 5.44. The fraction of sp³-hybridized carbons (Fsp3) is 0.538. The molecule has 0 aliphatic carbocycles. The highest BCUT2D eigenvalue weighted by Crippen LogP contribution is 1.98. The lowest BCUT2D eigenvalue weighted by atomic mass is 10.2. The van der Waals surface area contributed by atoms with Gasteiger partial charge < -0.3 is 5.32 Å². The second kappa shape index (κ2) is 8.61. The van der Waals surface area contributed by atoms with E-state index in [0.29, 0.717) is 0 Å². The van der Waals surface area contributed by atoms with Gasteiger partial charge in [-0.05, 0) is 26.3 Å². The van der Waals surface area contributed by atoms with Crippen molar-refractivity contribution in [1.29, 1.82) is 0 Å². The number of rotatable bonds is 7. The minimum atomic E-state index is 1.06. The molecule has 0 aromatic heterocycles. The summed E-state index contributed by atoms with van der Waals surface area (Å²) in [4.78, 5) is 0. The summed E-state index contributed by atoms with van der Waals surface area (Å²) < 4.78 is 0. The summed E-state index contributed by atoms with van der Waals surface area (Å²) >= 11 is 0.